The monoisotopic (exact) mass is 344 g/mol. The second kappa shape index (κ2) is 6.05. The quantitative estimate of drug-likeness (QED) is 0.873. The largest absolute Gasteiger partial charge is 0.365 e. The molecule has 2 N–H and O–H groups in total. The number of rotatable bonds is 2. The van der Waals surface area contributed by atoms with Crippen molar-refractivity contribution in [1.82, 2.24) is 9.97 Å². The minimum atomic E-state index is 0.0205. The SMILES string of the molecule is Cc1ccc2c(n1)NC(Cc1ccc3c(n1)NC(=O)CS3)CS2. The Hall–Kier alpha value is -1.73. The number of nitrogens with one attached hydrogen (secondary N) is 2. The average Bonchev–Trinajstić information content (AvgIpc) is 2.54. The Morgan fingerprint density at radius 1 is 1.13 bits per heavy atom. The summed E-state index contributed by atoms with van der Waals surface area (Å²) in [5.74, 6) is 3.13. The van der Waals surface area contributed by atoms with E-state index in [1.165, 1.54) is 16.7 Å². The number of pyridine rings is 2. The van der Waals surface area contributed by atoms with Crippen molar-refractivity contribution in [2.75, 3.05) is 22.1 Å². The highest BCUT2D eigenvalue weighted by Gasteiger charge is 2.22. The van der Waals surface area contributed by atoms with Crippen LogP contribution in [0.15, 0.2) is 34.1 Å². The number of nitrogens with zero attached hydrogens (tertiary/aromatic N) is 2. The molecule has 2 aromatic heterocycles. The van der Waals surface area contributed by atoms with E-state index in [-0.39, 0.29) is 5.91 Å². The maximum Gasteiger partial charge on any atom is 0.235 e. The van der Waals surface area contributed by atoms with Gasteiger partial charge < -0.3 is 10.6 Å². The first-order chi connectivity index (χ1) is 11.2. The summed E-state index contributed by atoms with van der Waals surface area (Å²) in [6.45, 7) is 2.00. The predicted molar refractivity (Wildman–Crippen MR) is 94.4 cm³/mol. The third kappa shape index (κ3) is 3.16. The van der Waals surface area contributed by atoms with E-state index in [1.54, 1.807) is 0 Å². The van der Waals surface area contributed by atoms with Crippen molar-refractivity contribution in [2.45, 2.75) is 29.2 Å². The van der Waals surface area contributed by atoms with Crippen LogP contribution in [-0.4, -0.2) is 33.4 Å². The van der Waals surface area contributed by atoms with Gasteiger partial charge in [-0.1, -0.05) is 0 Å². The maximum absolute atomic E-state index is 11.5. The van der Waals surface area contributed by atoms with Crippen molar-refractivity contribution < 1.29 is 4.79 Å². The Morgan fingerprint density at radius 2 is 1.96 bits per heavy atom. The van der Waals surface area contributed by atoms with Crippen LogP contribution in [0.3, 0.4) is 0 Å². The molecule has 0 bridgehead atoms. The van der Waals surface area contributed by atoms with Gasteiger partial charge in [-0.15, -0.1) is 23.5 Å². The van der Waals surface area contributed by atoms with Crippen LogP contribution in [0, 0.1) is 6.92 Å². The molecule has 2 aliphatic heterocycles. The summed E-state index contributed by atoms with van der Waals surface area (Å²) in [6.07, 6.45) is 0.815. The number of aromatic nitrogens is 2. The van der Waals surface area contributed by atoms with Gasteiger partial charge in [0.2, 0.25) is 5.91 Å². The third-order valence-electron chi connectivity index (χ3n) is 3.77. The summed E-state index contributed by atoms with van der Waals surface area (Å²) in [7, 11) is 0. The predicted octanol–water partition coefficient (Wildman–Crippen LogP) is 2.96. The van der Waals surface area contributed by atoms with Crippen LogP contribution >= 0.6 is 23.5 Å². The molecule has 0 aromatic carbocycles. The lowest BCUT2D eigenvalue weighted by molar-refractivity contribution is -0.113. The molecule has 118 valence electrons. The fourth-order valence-corrected chi connectivity index (χ4v) is 4.41. The third-order valence-corrected chi connectivity index (χ3v) is 6.02. The van der Waals surface area contributed by atoms with E-state index < -0.39 is 0 Å². The molecule has 4 heterocycles. The molecule has 0 fully saturated rings. The van der Waals surface area contributed by atoms with Gasteiger partial charge in [-0.2, -0.15) is 0 Å². The molecule has 1 amide bonds. The summed E-state index contributed by atoms with van der Waals surface area (Å²) in [6, 6.07) is 8.55. The topological polar surface area (TPSA) is 66.9 Å². The van der Waals surface area contributed by atoms with Gasteiger partial charge in [0.25, 0.3) is 0 Å². The Labute approximate surface area is 143 Å². The summed E-state index contributed by atoms with van der Waals surface area (Å²) >= 11 is 3.37. The van der Waals surface area contributed by atoms with E-state index >= 15 is 0 Å². The zero-order valence-corrected chi connectivity index (χ0v) is 14.3. The molecular weight excluding hydrogens is 328 g/mol. The van der Waals surface area contributed by atoms with E-state index in [1.807, 2.05) is 30.8 Å². The molecule has 0 radical (unpaired) electrons. The van der Waals surface area contributed by atoms with E-state index in [9.17, 15) is 4.79 Å². The molecule has 1 atom stereocenters. The zero-order chi connectivity index (χ0) is 15.8. The van der Waals surface area contributed by atoms with Crippen LogP contribution < -0.4 is 10.6 Å². The summed E-state index contributed by atoms with van der Waals surface area (Å²) in [5.41, 5.74) is 2.00. The molecule has 4 rings (SSSR count). The molecular formula is C16H16N4OS2. The molecule has 2 aromatic rings. The Bertz CT molecular complexity index is 781. The number of hydrogen-bond acceptors (Lipinski definition) is 6. The van der Waals surface area contributed by atoms with Crippen LogP contribution in [-0.2, 0) is 11.2 Å². The van der Waals surface area contributed by atoms with Crippen LogP contribution in [0.4, 0.5) is 11.6 Å². The van der Waals surface area contributed by atoms with Crippen LogP contribution in [0.5, 0.6) is 0 Å². The molecule has 0 saturated heterocycles. The normalized spacial score (nSPS) is 19.3. The minimum absolute atomic E-state index is 0.0205. The Morgan fingerprint density at radius 3 is 2.87 bits per heavy atom. The van der Waals surface area contributed by atoms with Crippen molar-refractivity contribution in [3.8, 4) is 0 Å². The van der Waals surface area contributed by atoms with Crippen LogP contribution in [0.25, 0.3) is 0 Å². The van der Waals surface area contributed by atoms with Crippen molar-refractivity contribution in [1.29, 1.82) is 0 Å². The number of hydrogen-bond donors (Lipinski definition) is 2. The van der Waals surface area contributed by atoms with Gasteiger partial charge in [-0.05, 0) is 31.2 Å². The fourth-order valence-electron chi connectivity index (χ4n) is 2.67. The van der Waals surface area contributed by atoms with E-state index in [4.69, 9.17) is 0 Å². The van der Waals surface area contributed by atoms with Gasteiger partial charge in [0.05, 0.1) is 10.6 Å². The average molecular weight is 344 g/mol. The van der Waals surface area contributed by atoms with E-state index in [0.29, 0.717) is 17.6 Å². The van der Waals surface area contributed by atoms with Crippen molar-refractivity contribution >= 4 is 41.1 Å². The minimum Gasteiger partial charge on any atom is -0.365 e. The molecule has 23 heavy (non-hydrogen) atoms. The van der Waals surface area contributed by atoms with Crippen molar-refractivity contribution in [2.24, 2.45) is 0 Å². The molecule has 7 heteroatoms. The van der Waals surface area contributed by atoms with Crippen LogP contribution in [0.1, 0.15) is 11.4 Å². The highest BCUT2D eigenvalue weighted by molar-refractivity contribution is 8.00. The second-order valence-electron chi connectivity index (χ2n) is 5.64. The zero-order valence-electron chi connectivity index (χ0n) is 12.6. The van der Waals surface area contributed by atoms with Gasteiger partial charge >= 0.3 is 0 Å². The maximum atomic E-state index is 11.5. The highest BCUT2D eigenvalue weighted by Crippen LogP contribution is 2.33. The Balaban J connectivity index is 1.51. The summed E-state index contributed by atoms with van der Waals surface area (Å²) in [4.78, 5) is 22.9. The van der Waals surface area contributed by atoms with E-state index in [2.05, 4.69) is 32.7 Å². The molecule has 0 saturated carbocycles. The smallest absolute Gasteiger partial charge is 0.235 e. The highest BCUT2D eigenvalue weighted by atomic mass is 32.2. The number of anilines is 2. The summed E-state index contributed by atoms with van der Waals surface area (Å²) in [5, 5.41) is 6.36. The molecule has 0 spiro atoms. The van der Waals surface area contributed by atoms with Gasteiger partial charge in [-0.25, -0.2) is 9.97 Å². The van der Waals surface area contributed by atoms with Crippen LogP contribution in [0.2, 0.25) is 0 Å². The first-order valence-corrected chi connectivity index (χ1v) is 9.44. The van der Waals surface area contributed by atoms with Crippen molar-refractivity contribution in [3.63, 3.8) is 0 Å². The van der Waals surface area contributed by atoms with Gasteiger partial charge in [-0.3, -0.25) is 4.79 Å². The number of amides is 1. The van der Waals surface area contributed by atoms with Gasteiger partial charge in [0.1, 0.15) is 11.6 Å². The number of aryl methyl sites for hydroxylation is 1. The Kier molecular flexibility index (Phi) is 3.90. The van der Waals surface area contributed by atoms with E-state index in [0.717, 1.165) is 34.3 Å². The lowest BCUT2D eigenvalue weighted by atomic mass is 10.1. The lowest BCUT2D eigenvalue weighted by Crippen LogP contribution is -2.29. The standard InChI is InChI=1S/C16H16N4OS2/c1-9-2-4-12-15(17-9)19-11(7-22-12)6-10-3-5-13-16(18-10)20-14(21)8-23-13/h2-5,11H,6-8H2,1H3,(H,17,19)(H,18,20,21). The lowest BCUT2D eigenvalue weighted by Gasteiger charge is -2.26. The van der Waals surface area contributed by atoms with Crippen molar-refractivity contribution in [3.05, 3.63) is 35.7 Å². The van der Waals surface area contributed by atoms with Gasteiger partial charge in [0, 0.05) is 34.5 Å². The molecule has 2 aliphatic rings. The fraction of sp³-hybridized carbons (Fsp3) is 0.312. The number of carbonyl (C=O) groups is 1. The molecule has 0 aliphatic carbocycles. The molecule has 5 nitrogen and oxygen atoms in total. The number of fused-ring (bicyclic) bond motifs is 2. The second-order valence-corrected chi connectivity index (χ2v) is 7.72. The summed E-state index contributed by atoms with van der Waals surface area (Å²) < 4.78 is 0. The van der Waals surface area contributed by atoms with Gasteiger partial charge in [0.15, 0.2) is 0 Å². The molecule has 1 unspecified atom stereocenters. The number of thioether (sulfide) groups is 2. The first-order valence-electron chi connectivity index (χ1n) is 7.47. The number of carbonyl (C=O) groups excluding carboxylic acids is 1. The first kappa shape index (κ1) is 14.8.